The van der Waals surface area contributed by atoms with E-state index >= 15 is 0 Å². The first kappa shape index (κ1) is 16.5. The maximum absolute atomic E-state index is 11.9. The predicted molar refractivity (Wildman–Crippen MR) is 75.7 cm³/mol. The van der Waals surface area contributed by atoms with Gasteiger partial charge in [0.25, 0.3) is 5.91 Å². The van der Waals surface area contributed by atoms with Gasteiger partial charge in [0.1, 0.15) is 11.8 Å². The van der Waals surface area contributed by atoms with Crippen LogP contribution in [0.3, 0.4) is 0 Å². The van der Waals surface area contributed by atoms with Crippen molar-refractivity contribution in [3.8, 4) is 11.8 Å². The first-order valence-electron chi connectivity index (χ1n) is 6.55. The fourth-order valence-corrected chi connectivity index (χ4v) is 1.65. The molecular weight excluding hydrogens is 272 g/mol. The standard InChI is InChI=1S/C15H18N2O4/c1-9(2)13(15(19)20)17-14(18)10(3)21-12-6-4-11(8-16)5-7-12/h4-7,9-10,13H,1-3H3,(H,17,18)(H,19,20)/t10?,13-/m0/s1. The number of ether oxygens (including phenoxy) is 1. The van der Waals surface area contributed by atoms with Crippen LogP contribution in [0.15, 0.2) is 24.3 Å². The monoisotopic (exact) mass is 290 g/mol. The minimum Gasteiger partial charge on any atom is -0.481 e. The fourth-order valence-electron chi connectivity index (χ4n) is 1.65. The van der Waals surface area contributed by atoms with Gasteiger partial charge in [0.05, 0.1) is 11.6 Å². The maximum atomic E-state index is 11.9. The number of aliphatic carboxylic acids is 1. The SMILES string of the molecule is CC(Oc1ccc(C#N)cc1)C(=O)N[C@H](C(=O)O)C(C)C. The van der Waals surface area contributed by atoms with Crippen LogP contribution >= 0.6 is 0 Å². The third kappa shape index (κ3) is 4.80. The number of rotatable bonds is 6. The molecule has 6 nitrogen and oxygen atoms in total. The maximum Gasteiger partial charge on any atom is 0.326 e. The number of nitrogens with one attached hydrogen (secondary N) is 1. The zero-order valence-corrected chi connectivity index (χ0v) is 12.2. The lowest BCUT2D eigenvalue weighted by atomic mass is 10.0. The Balaban J connectivity index is 2.65. The van der Waals surface area contributed by atoms with E-state index in [2.05, 4.69) is 5.32 Å². The predicted octanol–water partition coefficient (Wildman–Crippen LogP) is 1.55. The molecule has 0 saturated heterocycles. The number of amides is 1. The van der Waals surface area contributed by atoms with Crippen molar-refractivity contribution in [1.29, 1.82) is 5.26 Å². The Bertz CT molecular complexity index is 546. The third-order valence-electron chi connectivity index (χ3n) is 2.90. The van der Waals surface area contributed by atoms with E-state index in [0.717, 1.165) is 0 Å². The van der Waals surface area contributed by atoms with Gasteiger partial charge in [-0.25, -0.2) is 4.79 Å². The molecule has 0 aliphatic rings. The summed E-state index contributed by atoms with van der Waals surface area (Å²) in [4.78, 5) is 23.0. The highest BCUT2D eigenvalue weighted by Crippen LogP contribution is 2.13. The number of benzene rings is 1. The number of carbonyl (C=O) groups excluding carboxylic acids is 1. The second kappa shape index (κ2) is 7.29. The van der Waals surface area contributed by atoms with Crippen molar-refractivity contribution >= 4 is 11.9 Å². The summed E-state index contributed by atoms with van der Waals surface area (Å²) in [6.45, 7) is 4.96. The molecule has 112 valence electrons. The molecule has 0 aliphatic heterocycles. The first-order chi connectivity index (χ1) is 9.85. The summed E-state index contributed by atoms with van der Waals surface area (Å²) in [5.74, 6) is -1.37. The second-order valence-corrected chi connectivity index (χ2v) is 4.96. The van der Waals surface area contributed by atoms with Crippen LogP contribution in [0.2, 0.25) is 0 Å². The molecule has 1 aromatic carbocycles. The Kier molecular flexibility index (Phi) is 5.73. The van der Waals surface area contributed by atoms with Crippen LogP contribution < -0.4 is 10.1 Å². The highest BCUT2D eigenvalue weighted by molar-refractivity contribution is 5.86. The average Bonchev–Trinajstić information content (AvgIpc) is 2.44. The van der Waals surface area contributed by atoms with Gasteiger partial charge in [-0.3, -0.25) is 4.79 Å². The number of nitriles is 1. The quantitative estimate of drug-likeness (QED) is 0.828. The zero-order valence-electron chi connectivity index (χ0n) is 12.2. The van der Waals surface area contributed by atoms with E-state index in [1.165, 1.54) is 6.92 Å². The average molecular weight is 290 g/mol. The van der Waals surface area contributed by atoms with Gasteiger partial charge < -0.3 is 15.2 Å². The molecule has 0 aliphatic carbocycles. The van der Waals surface area contributed by atoms with E-state index in [9.17, 15) is 9.59 Å². The molecule has 2 atom stereocenters. The minimum atomic E-state index is -1.08. The van der Waals surface area contributed by atoms with Gasteiger partial charge in [-0.1, -0.05) is 13.8 Å². The fraction of sp³-hybridized carbons (Fsp3) is 0.400. The Hall–Kier alpha value is -2.55. The topological polar surface area (TPSA) is 99.4 Å². The van der Waals surface area contributed by atoms with Crippen molar-refractivity contribution in [2.24, 2.45) is 5.92 Å². The zero-order chi connectivity index (χ0) is 16.0. The van der Waals surface area contributed by atoms with Gasteiger partial charge >= 0.3 is 5.97 Å². The molecule has 0 bridgehead atoms. The summed E-state index contributed by atoms with van der Waals surface area (Å²) < 4.78 is 5.42. The van der Waals surface area contributed by atoms with Gasteiger partial charge in [-0.2, -0.15) is 5.26 Å². The van der Waals surface area contributed by atoms with Crippen LogP contribution in [0.1, 0.15) is 26.3 Å². The molecule has 1 unspecified atom stereocenters. The van der Waals surface area contributed by atoms with Crippen LogP contribution in [0.5, 0.6) is 5.75 Å². The Labute approximate surface area is 123 Å². The molecule has 0 heterocycles. The van der Waals surface area contributed by atoms with Crippen molar-refractivity contribution in [2.75, 3.05) is 0 Å². The van der Waals surface area contributed by atoms with Crippen molar-refractivity contribution in [2.45, 2.75) is 32.9 Å². The lowest BCUT2D eigenvalue weighted by Gasteiger charge is -2.21. The largest absolute Gasteiger partial charge is 0.481 e. The number of hydrogen-bond donors (Lipinski definition) is 2. The summed E-state index contributed by atoms with van der Waals surface area (Å²) in [5.41, 5.74) is 0.491. The van der Waals surface area contributed by atoms with Crippen LogP contribution in [0, 0.1) is 17.2 Å². The molecule has 1 amide bonds. The van der Waals surface area contributed by atoms with Crippen LogP contribution in [-0.4, -0.2) is 29.1 Å². The van der Waals surface area contributed by atoms with E-state index in [-0.39, 0.29) is 5.92 Å². The van der Waals surface area contributed by atoms with Crippen molar-refractivity contribution in [3.63, 3.8) is 0 Å². The van der Waals surface area contributed by atoms with E-state index in [1.807, 2.05) is 6.07 Å². The Morgan fingerprint density at radius 3 is 2.24 bits per heavy atom. The molecule has 0 fully saturated rings. The van der Waals surface area contributed by atoms with Gasteiger partial charge in [-0.05, 0) is 37.1 Å². The number of nitrogens with zero attached hydrogens (tertiary/aromatic N) is 1. The molecule has 2 N–H and O–H groups in total. The number of carboxylic acids is 1. The lowest BCUT2D eigenvalue weighted by molar-refractivity contribution is -0.144. The molecular formula is C15H18N2O4. The smallest absolute Gasteiger partial charge is 0.326 e. The van der Waals surface area contributed by atoms with E-state index in [0.29, 0.717) is 11.3 Å². The summed E-state index contributed by atoms with van der Waals surface area (Å²) >= 11 is 0. The number of carbonyl (C=O) groups is 2. The van der Waals surface area contributed by atoms with Crippen molar-refractivity contribution in [1.82, 2.24) is 5.32 Å². The van der Waals surface area contributed by atoms with Gasteiger partial charge in [0.2, 0.25) is 0 Å². The summed E-state index contributed by atoms with van der Waals surface area (Å²) in [6, 6.07) is 7.35. The lowest BCUT2D eigenvalue weighted by Crippen LogP contribution is -2.48. The summed E-state index contributed by atoms with van der Waals surface area (Å²) in [5, 5.41) is 20.2. The molecule has 1 rings (SSSR count). The van der Waals surface area contributed by atoms with Crippen molar-refractivity contribution < 1.29 is 19.4 Å². The molecule has 0 aromatic heterocycles. The summed E-state index contributed by atoms with van der Waals surface area (Å²) in [7, 11) is 0. The molecule has 0 spiro atoms. The van der Waals surface area contributed by atoms with Gasteiger partial charge in [-0.15, -0.1) is 0 Å². The van der Waals surface area contributed by atoms with Gasteiger partial charge in [0, 0.05) is 0 Å². The van der Waals surface area contributed by atoms with Gasteiger partial charge in [0.15, 0.2) is 6.10 Å². The van der Waals surface area contributed by atoms with E-state index in [1.54, 1.807) is 38.1 Å². The van der Waals surface area contributed by atoms with E-state index < -0.39 is 24.0 Å². The van der Waals surface area contributed by atoms with E-state index in [4.69, 9.17) is 15.1 Å². The summed E-state index contributed by atoms with van der Waals surface area (Å²) in [6.07, 6.45) is -0.835. The second-order valence-electron chi connectivity index (χ2n) is 4.96. The normalized spacial score (nSPS) is 13.1. The third-order valence-corrected chi connectivity index (χ3v) is 2.90. The van der Waals surface area contributed by atoms with Crippen LogP contribution in [0.4, 0.5) is 0 Å². The first-order valence-corrected chi connectivity index (χ1v) is 6.55. The highest BCUT2D eigenvalue weighted by Gasteiger charge is 2.26. The Morgan fingerprint density at radius 1 is 1.24 bits per heavy atom. The van der Waals surface area contributed by atoms with Crippen LogP contribution in [-0.2, 0) is 9.59 Å². The highest BCUT2D eigenvalue weighted by atomic mass is 16.5. The molecule has 0 radical (unpaired) electrons. The minimum absolute atomic E-state index is 0.228. The number of carboxylic acid groups (broad SMARTS) is 1. The molecule has 0 saturated carbocycles. The molecule has 6 heteroatoms. The molecule has 1 aromatic rings. The molecule has 21 heavy (non-hydrogen) atoms. The van der Waals surface area contributed by atoms with Crippen LogP contribution in [0.25, 0.3) is 0 Å². The number of hydrogen-bond acceptors (Lipinski definition) is 4. The Morgan fingerprint density at radius 2 is 1.81 bits per heavy atom. The van der Waals surface area contributed by atoms with Crippen molar-refractivity contribution in [3.05, 3.63) is 29.8 Å².